The average molecular weight is 500 g/mol. The van der Waals surface area contributed by atoms with Crippen LogP contribution in [0.3, 0.4) is 0 Å². The molecule has 1 amide bonds. The summed E-state index contributed by atoms with van der Waals surface area (Å²) in [5.74, 6) is 0.967. The van der Waals surface area contributed by atoms with Gasteiger partial charge in [0.15, 0.2) is 5.58 Å². The van der Waals surface area contributed by atoms with Crippen LogP contribution in [0.15, 0.2) is 69.6 Å². The van der Waals surface area contributed by atoms with Crippen LogP contribution in [0.5, 0.6) is 5.75 Å². The summed E-state index contributed by atoms with van der Waals surface area (Å²) in [4.78, 5) is 17.1. The molecule has 0 saturated heterocycles. The first-order valence-corrected chi connectivity index (χ1v) is 11.1. The second-order valence-electron chi connectivity index (χ2n) is 7.01. The second-order valence-corrected chi connectivity index (χ2v) is 8.33. The van der Waals surface area contributed by atoms with Crippen LogP contribution in [0.25, 0.3) is 22.6 Å². The number of halogens is 2. The van der Waals surface area contributed by atoms with Crippen molar-refractivity contribution in [1.29, 1.82) is 0 Å². The lowest BCUT2D eigenvalue weighted by Crippen LogP contribution is -2.11. The summed E-state index contributed by atoms with van der Waals surface area (Å²) in [7, 11) is 0. The van der Waals surface area contributed by atoms with Crippen molar-refractivity contribution in [1.82, 2.24) is 4.98 Å². The standard InChI is InChI=1S/C24H20BrClN2O3/c1-2-3-12-30-18-8-4-15(5-9-18)23(29)27-17-7-11-22-21(14-17)28-24(31-22)19-13-16(25)6-10-20(19)26/h4-11,13-14H,2-3,12H2,1H3,(H,27,29). The number of carbonyl (C=O) groups excluding carboxylic acids is 1. The maximum Gasteiger partial charge on any atom is 0.255 e. The van der Waals surface area contributed by atoms with Gasteiger partial charge in [-0.25, -0.2) is 4.98 Å². The Hall–Kier alpha value is -2.83. The van der Waals surface area contributed by atoms with Crippen molar-refractivity contribution >= 4 is 50.2 Å². The Kier molecular flexibility index (Phi) is 6.59. The van der Waals surface area contributed by atoms with Gasteiger partial charge in [0, 0.05) is 15.7 Å². The van der Waals surface area contributed by atoms with Crippen LogP contribution in [0.4, 0.5) is 5.69 Å². The zero-order valence-electron chi connectivity index (χ0n) is 16.8. The number of unbranched alkanes of at least 4 members (excludes halogenated alkanes) is 1. The number of nitrogens with zero attached hydrogens (tertiary/aromatic N) is 1. The molecule has 158 valence electrons. The van der Waals surface area contributed by atoms with E-state index in [0.29, 0.717) is 45.4 Å². The topological polar surface area (TPSA) is 64.4 Å². The summed E-state index contributed by atoms with van der Waals surface area (Å²) >= 11 is 9.72. The first-order chi connectivity index (χ1) is 15.0. The third kappa shape index (κ3) is 5.09. The van der Waals surface area contributed by atoms with Gasteiger partial charge in [0.25, 0.3) is 5.91 Å². The minimum absolute atomic E-state index is 0.210. The van der Waals surface area contributed by atoms with E-state index in [1.54, 1.807) is 48.5 Å². The predicted octanol–water partition coefficient (Wildman–Crippen LogP) is 7.34. The molecule has 5 nitrogen and oxygen atoms in total. The number of hydrogen-bond donors (Lipinski definition) is 1. The lowest BCUT2D eigenvalue weighted by molar-refractivity contribution is 0.102. The predicted molar refractivity (Wildman–Crippen MR) is 127 cm³/mol. The van der Waals surface area contributed by atoms with Gasteiger partial charge in [-0.3, -0.25) is 4.79 Å². The summed E-state index contributed by atoms with van der Waals surface area (Å²) in [5, 5.41) is 3.44. The third-order valence-electron chi connectivity index (χ3n) is 4.69. The molecule has 0 fully saturated rings. The van der Waals surface area contributed by atoms with Gasteiger partial charge >= 0.3 is 0 Å². The van der Waals surface area contributed by atoms with Crippen molar-refractivity contribution in [3.8, 4) is 17.2 Å². The molecule has 31 heavy (non-hydrogen) atoms. The smallest absolute Gasteiger partial charge is 0.255 e. The summed E-state index contributed by atoms with van der Waals surface area (Å²) in [5.41, 5.74) is 3.10. The molecule has 0 aliphatic heterocycles. The van der Waals surface area contributed by atoms with Crippen molar-refractivity contribution in [2.24, 2.45) is 0 Å². The highest BCUT2D eigenvalue weighted by Gasteiger charge is 2.14. The molecule has 0 bridgehead atoms. The Labute approximate surface area is 193 Å². The molecular formula is C24H20BrClN2O3. The number of ether oxygens (including phenoxy) is 1. The summed E-state index contributed by atoms with van der Waals surface area (Å²) in [6, 6.07) is 17.9. The Balaban J connectivity index is 1.50. The van der Waals surface area contributed by atoms with Crippen molar-refractivity contribution in [3.05, 3.63) is 75.7 Å². The molecule has 7 heteroatoms. The van der Waals surface area contributed by atoms with E-state index in [1.165, 1.54) is 0 Å². The number of benzene rings is 3. The van der Waals surface area contributed by atoms with Gasteiger partial charge in [-0.05, 0) is 67.1 Å². The van der Waals surface area contributed by atoms with E-state index in [-0.39, 0.29) is 5.91 Å². The van der Waals surface area contributed by atoms with Crippen LogP contribution in [-0.4, -0.2) is 17.5 Å². The van der Waals surface area contributed by atoms with Gasteiger partial charge in [0.2, 0.25) is 5.89 Å². The minimum Gasteiger partial charge on any atom is -0.494 e. The number of nitrogens with one attached hydrogen (secondary N) is 1. The molecule has 4 rings (SSSR count). The third-order valence-corrected chi connectivity index (χ3v) is 5.51. The van der Waals surface area contributed by atoms with Gasteiger partial charge in [-0.1, -0.05) is 40.9 Å². The minimum atomic E-state index is -0.210. The van der Waals surface area contributed by atoms with E-state index < -0.39 is 0 Å². The number of fused-ring (bicyclic) bond motifs is 1. The number of anilines is 1. The van der Waals surface area contributed by atoms with Gasteiger partial charge in [-0.2, -0.15) is 0 Å². The number of carbonyl (C=O) groups is 1. The highest BCUT2D eigenvalue weighted by atomic mass is 79.9. The normalized spacial score (nSPS) is 10.9. The molecule has 0 aliphatic rings. The zero-order valence-corrected chi connectivity index (χ0v) is 19.2. The van der Waals surface area contributed by atoms with E-state index in [4.69, 9.17) is 20.8 Å². The molecule has 0 spiro atoms. The molecule has 1 N–H and O–H groups in total. The Morgan fingerprint density at radius 1 is 1.13 bits per heavy atom. The van der Waals surface area contributed by atoms with Crippen molar-refractivity contribution in [2.45, 2.75) is 19.8 Å². The fourth-order valence-electron chi connectivity index (χ4n) is 3.02. The van der Waals surface area contributed by atoms with Crippen LogP contribution >= 0.6 is 27.5 Å². The van der Waals surface area contributed by atoms with Gasteiger partial charge < -0.3 is 14.5 Å². The van der Waals surface area contributed by atoms with E-state index in [0.717, 1.165) is 23.1 Å². The quantitative estimate of drug-likeness (QED) is 0.270. The van der Waals surface area contributed by atoms with Crippen LogP contribution < -0.4 is 10.1 Å². The molecule has 0 atom stereocenters. The lowest BCUT2D eigenvalue weighted by Gasteiger charge is -2.07. The molecule has 3 aromatic carbocycles. The van der Waals surface area contributed by atoms with Gasteiger partial charge in [0.05, 0.1) is 17.2 Å². The molecule has 0 unspecified atom stereocenters. The van der Waals surface area contributed by atoms with Crippen LogP contribution in [0.2, 0.25) is 5.02 Å². The molecule has 1 aromatic heterocycles. The fraction of sp³-hybridized carbons (Fsp3) is 0.167. The van der Waals surface area contributed by atoms with Gasteiger partial charge in [0.1, 0.15) is 11.3 Å². The number of oxazole rings is 1. The Bertz CT molecular complexity index is 1220. The van der Waals surface area contributed by atoms with E-state index in [9.17, 15) is 4.79 Å². The molecule has 0 saturated carbocycles. The Morgan fingerprint density at radius 3 is 2.71 bits per heavy atom. The number of amides is 1. The fourth-order valence-corrected chi connectivity index (χ4v) is 3.58. The summed E-state index contributed by atoms with van der Waals surface area (Å²) in [6.45, 7) is 2.79. The number of rotatable bonds is 7. The average Bonchev–Trinajstić information content (AvgIpc) is 3.19. The monoisotopic (exact) mass is 498 g/mol. The highest BCUT2D eigenvalue weighted by molar-refractivity contribution is 9.10. The van der Waals surface area contributed by atoms with Crippen molar-refractivity contribution in [2.75, 3.05) is 11.9 Å². The SMILES string of the molecule is CCCCOc1ccc(C(=O)Nc2ccc3oc(-c4cc(Br)ccc4Cl)nc3c2)cc1. The maximum atomic E-state index is 12.6. The molecule has 0 aliphatic carbocycles. The lowest BCUT2D eigenvalue weighted by atomic mass is 10.2. The summed E-state index contributed by atoms with van der Waals surface area (Å²) < 4.78 is 12.4. The van der Waals surface area contributed by atoms with Gasteiger partial charge in [-0.15, -0.1) is 0 Å². The zero-order chi connectivity index (χ0) is 21.8. The van der Waals surface area contributed by atoms with Crippen molar-refractivity contribution < 1.29 is 13.9 Å². The van der Waals surface area contributed by atoms with E-state index in [2.05, 4.69) is 33.2 Å². The van der Waals surface area contributed by atoms with E-state index in [1.807, 2.05) is 12.1 Å². The van der Waals surface area contributed by atoms with Crippen molar-refractivity contribution in [3.63, 3.8) is 0 Å². The molecule has 0 radical (unpaired) electrons. The first-order valence-electron chi connectivity index (χ1n) is 9.93. The molecule has 1 heterocycles. The van der Waals surface area contributed by atoms with E-state index >= 15 is 0 Å². The Morgan fingerprint density at radius 2 is 1.94 bits per heavy atom. The van der Waals surface area contributed by atoms with Crippen LogP contribution in [0.1, 0.15) is 30.1 Å². The molecule has 4 aromatic rings. The number of aromatic nitrogens is 1. The van der Waals surface area contributed by atoms with Crippen LogP contribution in [-0.2, 0) is 0 Å². The molecular weight excluding hydrogens is 480 g/mol. The highest BCUT2D eigenvalue weighted by Crippen LogP contribution is 2.33. The largest absolute Gasteiger partial charge is 0.494 e. The first kappa shape index (κ1) is 21.4. The second kappa shape index (κ2) is 9.54. The maximum absolute atomic E-state index is 12.6. The summed E-state index contributed by atoms with van der Waals surface area (Å²) in [6.07, 6.45) is 2.08. The number of hydrogen-bond acceptors (Lipinski definition) is 4. The van der Waals surface area contributed by atoms with Crippen LogP contribution in [0, 0.1) is 0 Å².